The van der Waals surface area contributed by atoms with Gasteiger partial charge in [0.2, 0.25) is 0 Å². The molecule has 0 aliphatic rings. The summed E-state index contributed by atoms with van der Waals surface area (Å²) in [5.41, 5.74) is -0.933. The van der Waals surface area contributed by atoms with E-state index in [1.54, 1.807) is 6.92 Å². The van der Waals surface area contributed by atoms with Gasteiger partial charge in [-0.2, -0.15) is 13.2 Å². The van der Waals surface area contributed by atoms with Crippen molar-refractivity contribution < 1.29 is 17.6 Å². The second-order valence-corrected chi connectivity index (χ2v) is 5.11. The van der Waals surface area contributed by atoms with Crippen molar-refractivity contribution in [3.05, 3.63) is 46.2 Å². The van der Waals surface area contributed by atoms with E-state index in [0.717, 1.165) is 12.1 Å². The van der Waals surface area contributed by atoms with Gasteiger partial charge in [-0.05, 0) is 47.1 Å². The fourth-order valence-electron chi connectivity index (χ4n) is 1.81. The summed E-state index contributed by atoms with van der Waals surface area (Å²) in [6, 6.07) is 6.14. The van der Waals surface area contributed by atoms with Crippen LogP contribution in [0.1, 0.15) is 12.5 Å². The first-order valence-electron chi connectivity index (χ1n) is 6.10. The van der Waals surface area contributed by atoms with Gasteiger partial charge in [-0.25, -0.2) is 9.37 Å². The summed E-state index contributed by atoms with van der Waals surface area (Å²) in [5, 5.41) is 2.72. The molecule has 0 unspecified atom stereocenters. The zero-order valence-electron chi connectivity index (χ0n) is 10.9. The molecular formula is C14H11BrF4N2. The number of anilines is 1. The van der Waals surface area contributed by atoms with Crippen molar-refractivity contribution in [2.75, 3.05) is 11.9 Å². The van der Waals surface area contributed by atoms with Gasteiger partial charge in [0, 0.05) is 12.1 Å². The highest BCUT2D eigenvalue weighted by molar-refractivity contribution is 9.10. The summed E-state index contributed by atoms with van der Waals surface area (Å²) in [7, 11) is 0. The summed E-state index contributed by atoms with van der Waals surface area (Å²) in [6.45, 7) is 2.15. The van der Waals surface area contributed by atoms with Crippen molar-refractivity contribution in [2.45, 2.75) is 13.1 Å². The van der Waals surface area contributed by atoms with Crippen LogP contribution in [0.15, 0.2) is 34.8 Å². The Hall–Kier alpha value is -1.63. The first-order valence-corrected chi connectivity index (χ1v) is 6.89. The summed E-state index contributed by atoms with van der Waals surface area (Å²) in [6.07, 6.45) is -4.52. The van der Waals surface area contributed by atoms with Gasteiger partial charge >= 0.3 is 6.18 Å². The number of aromatic nitrogens is 1. The number of nitrogens with one attached hydrogen (secondary N) is 1. The molecule has 0 fully saturated rings. The Balaban J connectivity index is 2.62. The molecule has 0 radical (unpaired) electrons. The molecule has 1 aromatic heterocycles. The first-order chi connectivity index (χ1) is 9.82. The Morgan fingerprint density at radius 1 is 1.24 bits per heavy atom. The van der Waals surface area contributed by atoms with Crippen LogP contribution in [0.2, 0.25) is 0 Å². The van der Waals surface area contributed by atoms with E-state index in [1.165, 1.54) is 18.2 Å². The van der Waals surface area contributed by atoms with Crippen molar-refractivity contribution in [1.82, 2.24) is 4.98 Å². The average molecular weight is 363 g/mol. The van der Waals surface area contributed by atoms with Crippen LogP contribution in [-0.4, -0.2) is 11.5 Å². The second kappa shape index (κ2) is 6.01. The molecule has 0 aliphatic carbocycles. The maximum Gasteiger partial charge on any atom is 0.416 e. The van der Waals surface area contributed by atoms with E-state index < -0.39 is 17.6 Å². The molecule has 2 nitrogen and oxygen atoms in total. The topological polar surface area (TPSA) is 24.9 Å². The third-order valence-electron chi connectivity index (χ3n) is 2.74. The van der Waals surface area contributed by atoms with Crippen LogP contribution < -0.4 is 5.32 Å². The molecule has 0 bridgehead atoms. The van der Waals surface area contributed by atoms with Crippen LogP contribution in [0.5, 0.6) is 0 Å². The number of halogens is 5. The largest absolute Gasteiger partial charge is 0.416 e. The molecule has 112 valence electrons. The van der Waals surface area contributed by atoms with E-state index in [9.17, 15) is 17.6 Å². The van der Waals surface area contributed by atoms with E-state index in [-0.39, 0.29) is 21.5 Å². The molecule has 0 amide bonds. The van der Waals surface area contributed by atoms with E-state index in [1.807, 2.05) is 0 Å². The minimum Gasteiger partial charge on any atom is -0.370 e. The van der Waals surface area contributed by atoms with Crippen LogP contribution in [0, 0.1) is 5.82 Å². The summed E-state index contributed by atoms with van der Waals surface area (Å²) < 4.78 is 53.0. The van der Waals surface area contributed by atoms with Crippen LogP contribution >= 0.6 is 15.9 Å². The molecule has 1 N–H and O–H groups in total. The lowest BCUT2D eigenvalue weighted by Gasteiger charge is -2.13. The monoisotopic (exact) mass is 362 g/mol. The number of hydrogen-bond acceptors (Lipinski definition) is 2. The Morgan fingerprint density at radius 2 is 1.95 bits per heavy atom. The molecule has 0 saturated heterocycles. The number of benzene rings is 1. The summed E-state index contributed by atoms with van der Waals surface area (Å²) in [5.74, 6) is -0.589. The molecule has 1 heterocycles. The highest BCUT2D eigenvalue weighted by Gasteiger charge is 2.32. The fourth-order valence-corrected chi connectivity index (χ4v) is 2.17. The predicted octanol–water partition coefficient (Wildman–Crippen LogP) is 5.10. The lowest BCUT2D eigenvalue weighted by molar-refractivity contribution is -0.137. The van der Waals surface area contributed by atoms with Gasteiger partial charge in [0.15, 0.2) is 0 Å². The number of nitrogens with zero attached hydrogens (tertiary/aromatic N) is 1. The maximum absolute atomic E-state index is 14.0. The van der Waals surface area contributed by atoms with E-state index >= 15 is 0 Å². The van der Waals surface area contributed by atoms with Gasteiger partial charge in [0.1, 0.15) is 11.6 Å². The lowest BCUT2D eigenvalue weighted by atomic mass is 10.1. The number of hydrogen-bond donors (Lipinski definition) is 1. The maximum atomic E-state index is 14.0. The van der Waals surface area contributed by atoms with Gasteiger partial charge in [-0.15, -0.1) is 0 Å². The highest BCUT2D eigenvalue weighted by Crippen LogP contribution is 2.34. The summed E-state index contributed by atoms with van der Waals surface area (Å²) in [4.78, 5) is 4.04. The smallest absolute Gasteiger partial charge is 0.370 e. The summed E-state index contributed by atoms with van der Waals surface area (Å²) >= 11 is 3.01. The van der Waals surface area contributed by atoms with Gasteiger partial charge in [-0.3, -0.25) is 0 Å². The van der Waals surface area contributed by atoms with Crippen molar-refractivity contribution >= 4 is 21.7 Å². The molecular weight excluding hydrogens is 352 g/mol. The number of rotatable bonds is 3. The molecule has 2 aromatic rings. The lowest BCUT2D eigenvalue weighted by Crippen LogP contribution is -2.09. The van der Waals surface area contributed by atoms with Gasteiger partial charge in [0.05, 0.1) is 15.7 Å². The number of pyridine rings is 1. The molecule has 0 spiro atoms. The standard InChI is InChI=1S/C14H11BrF4N2/c1-2-20-12-7-8(14(17,18)19)6-11(21-12)9-4-3-5-10(15)13(9)16/h3-7H,2H2,1H3,(H,20,21). The molecule has 7 heteroatoms. The minimum atomic E-state index is -4.52. The van der Waals surface area contributed by atoms with Crippen LogP contribution in [0.25, 0.3) is 11.3 Å². The second-order valence-electron chi connectivity index (χ2n) is 4.26. The third-order valence-corrected chi connectivity index (χ3v) is 3.35. The number of alkyl halides is 3. The zero-order valence-corrected chi connectivity index (χ0v) is 12.5. The Labute approximate surface area is 127 Å². The van der Waals surface area contributed by atoms with Crippen molar-refractivity contribution in [3.8, 4) is 11.3 Å². The van der Waals surface area contributed by atoms with Gasteiger partial charge < -0.3 is 5.32 Å². The van der Waals surface area contributed by atoms with Crippen LogP contribution in [0.3, 0.4) is 0 Å². The fraction of sp³-hybridized carbons (Fsp3) is 0.214. The minimum absolute atomic E-state index is 0.00891. The molecule has 0 atom stereocenters. The normalized spacial score (nSPS) is 11.5. The van der Waals surface area contributed by atoms with Crippen molar-refractivity contribution in [2.24, 2.45) is 0 Å². The SMILES string of the molecule is CCNc1cc(C(F)(F)F)cc(-c2cccc(Br)c2F)n1. The molecule has 2 rings (SSSR count). The van der Waals surface area contributed by atoms with Gasteiger partial charge in [0.25, 0.3) is 0 Å². The van der Waals surface area contributed by atoms with Crippen molar-refractivity contribution in [1.29, 1.82) is 0 Å². The van der Waals surface area contributed by atoms with Gasteiger partial charge in [-0.1, -0.05) is 6.07 Å². The van der Waals surface area contributed by atoms with Crippen LogP contribution in [0.4, 0.5) is 23.4 Å². The predicted molar refractivity (Wildman–Crippen MR) is 76.5 cm³/mol. The van der Waals surface area contributed by atoms with Crippen molar-refractivity contribution in [3.63, 3.8) is 0 Å². The molecule has 21 heavy (non-hydrogen) atoms. The highest BCUT2D eigenvalue weighted by atomic mass is 79.9. The van der Waals surface area contributed by atoms with Crippen LogP contribution in [-0.2, 0) is 6.18 Å². The third kappa shape index (κ3) is 3.53. The average Bonchev–Trinajstić information content (AvgIpc) is 2.41. The Morgan fingerprint density at radius 3 is 2.57 bits per heavy atom. The Kier molecular flexibility index (Phi) is 4.51. The zero-order chi connectivity index (χ0) is 15.6. The quantitative estimate of drug-likeness (QED) is 0.768. The Bertz CT molecular complexity index is 656. The molecule has 1 aromatic carbocycles. The van der Waals surface area contributed by atoms with E-state index in [2.05, 4.69) is 26.2 Å². The first kappa shape index (κ1) is 15.8. The molecule has 0 aliphatic heterocycles. The van der Waals surface area contributed by atoms with E-state index in [4.69, 9.17) is 0 Å². The molecule has 0 saturated carbocycles. The van der Waals surface area contributed by atoms with E-state index in [0.29, 0.717) is 6.54 Å².